The fraction of sp³-hybridized carbons (Fsp3) is 0.684. The summed E-state index contributed by atoms with van der Waals surface area (Å²) in [4.78, 5) is 0. The predicted octanol–water partition coefficient (Wildman–Crippen LogP) is 6.37. The summed E-state index contributed by atoms with van der Waals surface area (Å²) in [5.74, 6) is 2.57. The van der Waals surface area contributed by atoms with Crippen LogP contribution in [0.5, 0.6) is 5.75 Å². The largest absolute Gasteiger partial charge is 0.493 e. The molecule has 0 N–H and O–H groups in total. The van der Waals surface area contributed by atoms with Gasteiger partial charge >= 0.3 is 0 Å². The van der Waals surface area contributed by atoms with Gasteiger partial charge in [0.25, 0.3) is 0 Å². The van der Waals surface area contributed by atoms with Crippen LogP contribution in [-0.2, 0) is 0 Å². The van der Waals surface area contributed by atoms with Crippen molar-refractivity contribution < 1.29 is 4.74 Å². The van der Waals surface area contributed by atoms with Gasteiger partial charge in [0.15, 0.2) is 0 Å². The molecule has 0 bridgehead atoms. The summed E-state index contributed by atoms with van der Waals surface area (Å²) in [6.07, 6.45) is 0. The highest BCUT2D eigenvalue weighted by molar-refractivity contribution is 9.09. The molecule has 0 aliphatic rings. The van der Waals surface area contributed by atoms with E-state index in [9.17, 15) is 0 Å². The second-order valence-corrected chi connectivity index (χ2v) is 8.25. The van der Waals surface area contributed by atoms with Crippen molar-refractivity contribution in [2.75, 3.05) is 11.9 Å². The summed E-state index contributed by atoms with van der Waals surface area (Å²) < 4.78 is 6.34. The Morgan fingerprint density at radius 2 is 1.48 bits per heavy atom. The van der Waals surface area contributed by atoms with E-state index in [0.29, 0.717) is 17.8 Å². The van der Waals surface area contributed by atoms with Gasteiger partial charge in [0.2, 0.25) is 0 Å². The number of alkyl halides is 1. The van der Waals surface area contributed by atoms with E-state index >= 15 is 0 Å². The number of ether oxygens (including phenoxy) is 1. The minimum atomic E-state index is 0.244. The van der Waals surface area contributed by atoms with Crippen LogP contribution in [0.1, 0.15) is 71.4 Å². The Bertz CT molecular complexity index is 417. The van der Waals surface area contributed by atoms with Gasteiger partial charge in [-0.2, -0.15) is 0 Å². The molecule has 1 rings (SSSR count). The second kappa shape index (κ2) is 7.67. The van der Waals surface area contributed by atoms with Crippen molar-refractivity contribution in [2.45, 2.75) is 60.3 Å². The molecule has 21 heavy (non-hydrogen) atoms. The molecule has 0 aliphatic carbocycles. The van der Waals surface area contributed by atoms with E-state index < -0.39 is 0 Å². The average Bonchev–Trinajstić information content (AvgIpc) is 2.37. The third-order valence-corrected chi connectivity index (χ3v) is 4.94. The first-order chi connectivity index (χ1) is 9.68. The second-order valence-electron chi connectivity index (χ2n) is 7.60. The first-order valence-corrected chi connectivity index (χ1v) is 9.12. The zero-order valence-electron chi connectivity index (χ0n) is 14.7. The molecule has 0 aromatic heterocycles. The smallest absolute Gasteiger partial charge is 0.126 e. The number of benzene rings is 1. The van der Waals surface area contributed by atoms with Gasteiger partial charge in [-0.25, -0.2) is 0 Å². The molecule has 1 nitrogen and oxygen atoms in total. The van der Waals surface area contributed by atoms with Crippen molar-refractivity contribution in [1.82, 2.24) is 0 Å². The number of hydrogen-bond acceptors (Lipinski definition) is 1. The summed E-state index contributed by atoms with van der Waals surface area (Å²) in [5.41, 5.74) is 2.89. The molecule has 0 fully saturated rings. The molecule has 0 aliphatic heterocycles. The molecule has 1 aromatic carbocycles. The van der Waals surface area contributed by atoms with Gasteiger partial charge in [-0.1, -0.05) is 82.6 Å². The lowest BCUT2D eigenvalue weighted by Gasteiger charge is -2.30. The number of para-hydroxylation sites is 1. The first-order valence-electron chi connectivity index (χ1n) is 8.00. The Morgan fingerprint density at radius 3 is 1.81 bits per heavy atom. The molecule has 0 radical (unpaired) electrons. The maximum Gasteiger partial charge on any atom is 0.126 e. The summed E-state index contributed by atoms with van der Waals surface area (Å²) in [6.45, 7) is 16.5. The Balaban J connectivity index is 3.05. The zero-order valence-corrected chi connectivity index (χ0v) is 16.3. The minimum Gasteiger partial charge on any atom is -0.493 e. The Morgan fingerprint density at radius 1 is 1.00 bits per heavy atom. The summed E-state index contributed by atoms with van der Waals surface area (Å²) in [7, 11) is 0. The number of hydrogen-bond donors (Lipinski definition) is 0. The molecule has 0 spiro atoms. The zero-order chi connectivity index (χ0) is 16.2. The average molecular weight is 355 g/mol. The van der Waals surface area contributed by atoms with Gasteiger partial charge in [-0.3, -0.25) is 0 Å². The third-order valence-electron chi connectivity index (χ3n) is 4.16. The number of rotatable bonds is 6. The molecule has 0 amide bonds. The fourth-order valence-corrected chi connectivity index (χ4v) is 3.52. The molecule has 0 heterocycles. The SMILES string of the molecule is CC(C)c1cccc(C(C)C)c1OCC(CBr)C(C)(C)C. The monoisotopic (exact) mass is 354 g/mol. The van der Waals surface area contributed by atoms with E-state index in [1.807, 2.05) is 0 Å². The van der Waals surface area contributed by atoms with Crippen LogP contribution in [0.25, 0.3) is 0 Å². The van der Waals surface area contributed by atoms with E-state index in [1.165, 1.54) is 11.1 Å². The van der Waals surface area contributed by atoms with E-state index in [4.69, 9.17) is 4.74 Å². The Hall–Kier alpha value is -0.500. The minimum absolute atomic E-state index is 0.244. The van der Waals surface area contributed by atoms with E-state index in [0.717, 1.165) is 17.7 Å². The highest BCUT2D eigenvalue weighted by atomic mass is 79.9. The summed E-state index contributed by atoms with van der Waals surface area (Å²) in [6, 6.07) is 6.56. The van der Waals surface area contributed by atoms with Crippen LogP contribution < -0.4 is 4.74 Å². The third kappa shape index (κ3) is 5.02. The molecule has 0 saturated carbocycles. The first kappa shape index (κ1) is 18.5. The van der Waals surface area contributed by atoms with Gasteiger partial charge in [0.1, 0.15) is 5.75 Å². The van der Waals surface area contributed by atoms with Gasteiger partial charge in [-0.05, 0) is 28.4 Å². The van der Waals surface area contributed by atoms with Crippen LogP contribution in [-0.4, -0.2) is 11.9 Å². The van der Waals surface area contributed by atoms with Crippen molar-refractivity contribution in [3.8, 4) is 5.75 Å². The molecule has 1 atom stereocenters. The molecular weight excluding hydrogens is 324 g/mol. The standard InChI is InChI=1S/C19H31BrO/c1-13(2)16-9-8-10-17(14(3)4)18(16)21-12-15(11-20)19(5,6)7/h8-10,13-15H,11-12H2,1-7H3. The van der Waals surface area contributed by atoms with Gasteiger partial charge in [0.05, 0.1) is 6.61 Å². The van der Waals surface area contributed by atoms with E-state index in [1.54, 1.807) is 0 Å². The van der Waals surface area contributed by atoms with Gasteiger partial charge in [0, 0.05) is 11.2 Å². The molecule has 1 unspecified atom stereocenters. The Kier molecular flexibility index (Phi) is 6.77. The van der Waals surface area contributed by atoms with Gasteiger partial charge < -0.3 is 4.74 Å². The van der Waals surface area contributed by atoms with Crippen LogP contribution in [0.3, 0.4) is 0 Å². The molecule has 2 heteroatoms. The fourth-order valence-electron chi connectivity index (χ4n) is 2.36. The molecular formula is C19H31BrO. The van der Waals surface area contributed by atoms with E-state index in [2.05, 4.69) is 82.6 Å². The highest BCUT2D eigenvalue weighted by Gasteiger charge is 2.25. The highest BCUT2D eigenvalue weighted by Crippen LogP contribution is 2.36. The lowest BCUT2D eigenvalue weighted by Crippen LogP contribution is -2.28. The van der Waals surface area contributed by atoms with Gasteiger partial charge in [-0.15, -0.1) is 0 Å². The maximum atomic E-state index is 6.34. The van der Waals surface area contributed by atoms with Crippen LogP contribution in [0.4, 0.5) is 0 Å². The van der Waals surface area contributed by atoms with Crippen LogP contribution in [0, 0.1) is 11.3 Å². The van der Waals surface area contributed by atoms with Crippen molar-refractivity contribution in [1.29, 1.82) is 0 Å². The summed E-state index contributed by atoms with van der Waals surface area (Å²) in [5, 5.41) is 0.970. The van der Waals surface area contributed by atoms with Crippen LogP contribution in [0.15, 0.2) is 18.2 Å². The van der Waals surface area contributed by atoms with Crippen LogP contribution in [0.2, 0.25) is 0 Å². The molecule has 1 aromatic rings. The lowest BCUT2D eigenvalue weighted by molar-refractivity contribution is 0.163. The predicted molar refractivity (Wildman–Crippen MR) is 96.9 cm³/mol. The van der Waals surface area contributed by atoms with Crippen LogP contribution >= 0.6 is 15.9 Å². The summed E-state index contributed by atoms with van der Waals surface area (Å²) >= 11 is 3.64. The number of halogens is 1. The molecule has 120 valence electrons. The van der Waals surface area contributed by atoms with E-state index in [-0.39, 0.29) is 5.41 Å². The quantitative estimate of drug-likeness (QED) is 0.539. The molecule has 0 saturated heterocycles. The maximum absolute atomic E-state index is 6.34. The topological polar surface area (TPSA) is 9.23 Å². The Labute approximate surface area is 139 Å². The lowest BCUT2D eigenvalue weighted by atomic mass is 9.82. The van der Waals surface area contributed by atoms with Crippen molar-refractivity contribution in [3.05, 3.63) is 29.3 Å². The van der Waals surface area contributed by atoms with Crippen molar-refractivity contribution in [3.63, 3.8) is 0 Å². The van der Waals surface area contributed by atoms with Crippen molar-refractivity contribution in [2.24, 2.45) is 11.3 Å². The normalized spacial score (nSPS) is 13.8. The van der Waals surface area contributed by atoms with Crippen molar-refractivity contribution >= 4 is 15.9 Å².